The summed E-state index contributed by atoms with van der Waals surface area (Å²) in [5.41, 5.74) is 7.00. The molecule has 72 valence electrons. The molecule has 1 atom stereocenters. The maximum Gasteiger partial charge on any atom is 0.212 e. The molecule has 13 heavy (non-hydrogen) atoms. The van der Waals surface area contributed by atoms with Crippen molar-refractivity contribution in [2.24, 2.45) is 11.7 Å². The largest absolute Gasteiger partial charge is 0.481 e. The van der Waals surface area contributed by atoms with Crippen molar-refractivity contribution in [3.8, 4) is 5.88 Å². The van der Waals surface area contributed by atoms with Crippen molar-refractivity contribution >= 4 is 0 Å². The molecule has 1 unspecified atom stereocenters. The quantitative estimate of drug-likeness (QED) is 0.770. The van der Waals surface area contributed by atoms with Crippen LogP contribution in [-0.4, -0.2) is 12.1 Å². The molecule has 1 aromatic rings. The summed E-state index contributed by atoms with van der Waals surface area (Å²) in [7, 11) is 1.60. The summed E-state index contributed by atoms with van der Waals surface area (Å²) < 4.78 is 4.96. The number of rotatable bonds is 3. The smallest absolute Gasteiger partial charge is 0.212 e. The van der Waals surface area contributed by atoms with Crippen molar-refractivity contribution < 1.29 is 4.74 Å². The maximum atomic E-state index is 5.95. The molecule has 1 rings (SSSR count). The first kappa shape index (κ1) is 9.99. The van der Waals surface area contributed by atoms with Gasteiger partial charge in [-0.3, -0.25) is 0 Å². The third-order valence-corrected chi connectivity index (χ3v) is 2.07. The molecule has 0 bridgehead atoms. The van der Waals surface area contributed by atoms with Crippen molar-refractivity contribution in [3.05, 3.63) is 23.9 Å². The van der Waals surface area contributed by atoms with Gasteiger partial charge in [-0.05, 0) is 11.5 Å². The molecule has 0 saturated heterocycles. The lowest BCUT2D eigenvalue weighted by atomic mass is 9.99. The van der Waals surface area contributed by atoms with E-state index in [0.717, 1.165) is 5.56 Å². The van der Waals surface area contributed by atoms with Gasteiger partial charge in [-0.1, -0.05) is 19.9 Å². The molecule has 1 heterocycles. The van der Waals surface area contributed by atoms with E-state index in [-0.39, 0.29) is 6.04 Å². The van der Waals surface area contributed by atoms with Crippen molar-refractivity contribution in [1.29, 1.82) is 0 Å². The minimum Gasteiger partial charge on any atom is -0.481 e. The molecule has 0 fully saturated rings. The van der Waals surface area contributed by atoms with Gasteiger partial charge in [0.2, 0.25) is 5.88 Å². The normalized spacial score (nSPS) is 13.0. The van der Waals surface area contributed by atoms with Gasteiger partial charge in [0, 0.05) is 18.3 Å². The van der Waals surface area contributed by atoms with Crippen molar-refractivity contribution in [1.82, 2.24) is 4.98 Å². The molecular weight excluding hydrogens is 164 g/mol. The monoisotopic (exact) mass is 180 g/mol. The first-order chi connectivity index (χ1) is 6.15. The van der Waals surface area contributed by atoms with Gasteiger partial charge in [0.1, 0.15) is 0 Å². The van der Waals surface area contributed by atoms with E-state index in [0.29, 0.717) is 11.8 Å². The van der Waals surface area contributed by atoms with Crippen LogP contribution in [0.5, 0.6) is 5.88 Å². The number of pyridine rings is 1. The van der Waals surface area contributed by atoms with Crippen LogP contribution < -0.4 is 10.5 Å². The molecule has 0 spiro atoms. The predicted molar refractivity (Wildman–Crippen MR) is 52.6 cm³/mol. The molecule has 0 aliphatic carbocycles. The molecule has 1 aromatic heterocycles. The van der Waals surface area contributed by atoms with Crippen LogP contribution >= 0.6 is 0 Å². The Balaban J connectivity index is 2.79. The van der Waals surface area contributed by atoms with E-state index >= 15 is 0 Å². The van der Waals surface area contributed by atoms with Gasteiger partial charge in [-0.15, -0.1) is 0 Å². The Morgan fingerprint density at radius 2 is 2.08 bits per heavy atom. The van der Waals surface area contributed by atoms with Gasteiger partial charge in [-0.2, -0.15) is 0 Å². The van der Waals surface area contributed by atoms with E-state index in [1.807, 2.05) is 12.1 Å². The first-order valence-electron chi connectivity index (χ1n) is 4.40. The summed E-state index contributed by atoms with van der Waals surface area (Å²) in [5.74, 6) is 1.05. The third-order valence-electron chi connectivity index (χ3n) is 2.07. The van der Waals surface area contributed by atoms with Crippen LogP contribution in [0.3, 0.4) is 0 Å². The van der Waals surface area contributed by atoms with E-state index in [1.54, 1.807) is 13.3 Å². The SMILES string of the molecule is COc1ccc(C(N)C(C)C)cn1. The number of hydrogen-bond acceptors (Lipinski definition) is 3. The molecule has 3 nitrogen and oxygen atoms in total. The molecule has 0 aromatic carbocycles. The molecule has 3 heteroatoms. The minimum atomic E-state index is 0.0541. The fourth-order valence-corrected chi connectivity index (χ4v) is 1.09. The van der Waals surface area contributed by atoms with E-state index in [1.165, 1.54) is 0 Å². The van der Waals surface area contributed by atoms with Gasteiger partial charge >= 0.3 is 0 Å². The highest BCUT2D eigenvalue weighted by Crippen LogP contribution is 2.19. The van der Waals surface area contributed by atoms with Gasteiger partial charge in [-0.25, -0.2) is 4.98 Å². The highest BCUT2D eigenvalue weighted by atomic mass is 16.5. The zero-order chi connectivity index (χ0) is 9.84. The molecule has 2 N–H and O–H groups in total. The number of aromatic nitrogens is 1. The second-order valence-corrected chi connectivity index (χ2v) is 3.40. The van der Waals surface area contributed by atoms with Crippen LogP contribution in [0.15, 0.2) is 18.3 Å². The Hall–Kier alpha value is -1.09. The topological polar surface area (TPSA) is 48.1 Å². The van der Waals surface area contributed by atoms with Gasteiger partial charge < -0.3 is 10.5 Å². The number of nitrogens with zero attached hydrogens (tertiary/aromatic N) is 1. The van der Waals surface area contributed by atoms with E-state index in [4.69, 9.17) is 10.5 Å². The van der Waals surface area contributed by atoms with Gasteiger partial charge in [0.15, 0.2) is 0 Å². The summed E-state index contributed by atoms with van der Waals surface area (Å²) in [6.45, 7) is 4.18. The Morgan fingerprint density at radius 1 is 1.38 bits per heavy atom. The number of methoxy groups -OCH3 is 1. The molecule has 0 saturated carbocycles. The Morgan fingerprint density at radius 3 is 2.46 bits per heavy atom. The summed E-state index contributed by atoms with van der Waals surface area (Å²) in [6.07, 6.45) is 1.77. The summed E-state index contributed by atoms with van der Waals surface area (Å²) in [5, 5.41) is 0. The Labute approximate surface area is 78.9 Å². The minimum absolute atomic E-state index is 0.0541. The van der Waals surface area contributed by atoms with Crippen molar-refractivity contribution in [2.75, 3.05) is 7.11 Å². The number of nitrogens with two attached hydrogens (primary N) is 1. The first-order valence-corrected chi connectivity index (χ1v) is 4.40. The van der Waals surface area contributed by atoms with Crippen LogP contribution in [0.2, 0.25) is 0 Å². The van der Waals surface area contributed by atoms with Gasteiger partial charge in [0.25, 0.3) is 0 Å². The summed E-state index contributed by atoms with van der Waals surface area (Å²) in [6, 6.07) is 3.84. The van der Waals surface area contributed by atoms with Gasteiger partial charge in [0.05, 0.1) is 7.11 Å². The van der Waals surface area contributed by atoms with Crippen LogP contribution in [-0.2, 0) is 0 Å². The molecule has 0 amide bonds. The van der Waals surface area contributed by atoms with Crippen LogP contribution in [0.1, 0.15) is 25.5 Å². The standard InChI is InChI=1S/C10H16N2O/c1-7(2)10(11)8-4-5-9(13-3)12-6-8/h4-7,10H,11H2,1-3H3. The predicted octanol–water partition coefficient (Wildman–Crippen LogP) is 1.75. The second-order valence-electron chi connectivity index (χ2n) is 3.40. The number of ether oxygens (including phenoxy) is 1. The number of hydrogen-bond donors (Lipinski definition) is 1. The Kier molecular flexibility index (Phi) is 3.25. The van der Waals surface area contributed by atoms with Crippen molar-refractivity contribution in [2.45, 2.75) is 19.9 Å². The lowest BCUT2D eigenvalue weighted by Crippen LogP contribution is -2.16. The van der Waals surface area contributed by atoms with E-state index in [2.05, 4.69) is 18.8 Å². The molecule has 0 aliphatic heterocycles. The average Bonchev–Trinajstić information content (AvgIpc) is 2.17. The van der Waals surface area contributed by atoms with Crippen LogP contribution in [0, 0.1) is 5.92 Å². The Bertz CT molecular complexity index is 256. The third kappa shape index (κ3) is 2.42. The molecule has 0 radical (unpaired) electrons. The second kappa shape index (κ2) is 4.23. The lowest BCUT2D eigenvalue weighted by Gasteiger charge is -2.15. The summed E-state index contributed by atoms with van der Waals surface area (Å²) in [4.78, 5) is 4.10. The molecule has 0 aliphatic rings. The summed E-state index contributed by atoms with van der Waals surface area (Å²) >= 11 is 0. The highest BCUT2D eigenvalue weighted by molar-refractivity contribution is 5.20. The highest BCUT2D eigenvalue weighted by Gasteiger charge is 2.10. The maximum absolute atomic E-state index is 5.95. The average molecular weight is 180 g/mol. The fraction of sp³-hybridized carbons (Fsp3) is 0.500. The zero-order valence-corrected chi connectivity index (χ0v) is 8.32. The molecular formula is C10H16N2O. The fourth-order valence-electron chi connectivity index (χ4n) is 1.09. The van der Waals surface area contributed by atoms with E-state index in [9.17, 15) is 0 Å². The van der Waals surface area contributed by atoms with Crippen molar-refractivity contribution in [3.63, 3.8) is 0 Å². The zero-order valence-electron chi connectivity index (χ0n) is 8.32. The lowest BCUT2D eigenvalue weighted by molar-refractivity contribution is 0.396. The van der Waals surface area contributed by atoms with E-state index < -0.39 is 0 Å². The van der Waals surface area contributed by atoms with Crippen LogP contribution in [0.25, 0.3) is 0 Å². The van der Waals surface area contributed by atoms with Crippen LogP contribution in [0.4, 0.5) is 0 Å².